The molecule has 0 heterocycles. The van der Waals surface area contributed by atoms with Gasteiger partial charge in [0.2, 0.25) is 0 Å². The lowest BCUT2D eigenvalue weighted by Gasteiger charge is -2.15. The van der Waals surface area contributed by atoms with Crippen molar-refractivity contribution in [3.05, 3.63) is 28.2 Å². The maximum absolute atomic E-state index is 12.8. The van der Waals surface area contributed by atoms with Crippen LogP contribution in [0.25, 0.3) is 0 Å². The summed E-state index contributed by atoms with van der Waals surface area (Å²) in [6.07, 6.45) is -3.34. The second kappa shape index (κ2) is 6.99. The van der Waals surface area contributed by atoms with Crippen LogP contribution < -0.4 is 10.6 Å². The van der Waals surface area contributed by atoms with Crippen LogP contribution in [0, 0.1) is 0 Å². The first-order chi connectivity index (χ1) is 8.45. The predicted molar refractivity (Wildman–Crippen MR) is 70.8 cm³/mol. The van der Waals surface area contributed by atoms with E-state index in [1.54, 1.807) is 6.07 Å². The van der Waals surface area contributed by atoms with Crippen molar-refractivity contribution in [3.63, 3.8) is 0 Å². The fourth-order valence-corrected chi connectivity index (χ4v) is 1.85. The zero-order chi connectivity index (χ0) is 13.6. The van der Waals surface area contributed by atoms with Gasteiger partial charge in [-0.2, -0.15) is 13.2 Å². The van der Waals surface area contributed by atoms with Crippen molar-refractivity contribution in [2.45, 2.75) is 19.5 Å². The van der Waals surface area contributed by atoms with Gasteiger partial charge in [-0.25, -0.2) is 0 Å². The molecule has 0 spiro atoms. The van der Waals surface area contributed by atoms with Gasteiger partial charge in [0.05, 0.1) is 5.56 Å². The molecular formula is C12H16BrF3N2. The smallest absolute Gasteiger partial charge is 0.383 e. The lowest BCUT2D eigenvalue weighted by atomic mass is 10.1. The van der Waals surface area contributed by atoms with Crippen molar-refractivity contribution in [2.75, 3.05) is 25.0 Å². The van der Waals surface area contributed by atoms with Crippen molar-refractivity contribution in [2.24, 2.45) is 0 Å². The van der Waals surface area contributed by atoms with Crippen LogP contribution in [-0.4, -0.2) is 19.6 Å². The van der Waals surface area contributed by atoms with E-state index in [0.717, 1.165) is 19.0 Å². The molecule has 0 bridgehead atoms. The first kappa shape index (κ1) is 15.3. The van der Waals surface area contributed by atoms with Crippen molar-refractivity contribution >= 4 is 21.6 Å². The molecule has 0 atom stereocenters. The third kappa shape index (κ3) is 4.86. The largest absolute Gasteiger partial charge is 0.418 e. The highest BCUT2D eigenvalue weighted by molar-refractivity contribution is 9.10. The lowest BCUT2D eigenvalue weighted by Crippen LogP contribution is -2.23. The van der Waals surface area contributed by atoms with Gasteiger partial charge in [-0.3, -0.25) is 0 Å². The SMILES string of the molecule is CCCNCCNc1ccc(Br)cc1C(F)(F)F. The van der Waals surface area contributed by atoms with Crippen LogP contribution in [0.2, 0.25) is 0 Å². The van der Waals surface area contributed by atoms with Gasteiger partial charge in [0.25, 0.3) is 0 Å². The standard InChI is InChI=1S/C12H16BrF3N2/c1-2-5-17-6-7-18-11-4-3-9(13)8-10(11)12(14,15)16/h3-4,8,17-18H,2,5-7H2,1H3. The Bertz CT molecular complexity index is 380. The van der Waals surface area contributed by atoms with E-state index in [2.05, 4.69) is 26.6 Å². The average Bonchev–Trinajstić information content (AvgIpc) is 2.29. The number of benzene rings is 1. The lowest BCUT2D eigenvalue weighted by molar-refractivity contribution is -0.137. The van der Waals surface area contributed by atoms with Gasteiger partial charge in [-0.05, 0) is 31.2 Å². The van der Waals surface area contributed by atoms with Crippen LogP contribution in [-0.2, 0) is 6.18 Å². The van der Waals surface area contributed by atoms with Gasteiger partial charge in [0.1, 0.15) is 0 Å². The Hall–Kier alpha value is -0.750. The Morgan fingerprint density at radius 3 is 2.50 bits per heavy atom. The summed E-state index contributed by atoms with van der Waals surface area (Å²) in [5.41, 5.74) is -0.531. The normalized spacial score (nSPS) is 11.6. The molecule has 0 unspecified atom stereocenters. The molecule has 0 aromatic heterocycles. The molecule has 2 N–H and O–H groups in total. The van der Waals surface area contributed by atoms with Crippen LogP contribution in [0.3, 0.4) is 0 Å². The highest BCUT2D eigenvalue weighted by atomic mass is 79.9. The Kier molecular flexibility index (Phi) is 5.95. The van der Waals surface area contributed by atoms with E-state index in [1.165, 1.54) is 6.07 Å². The molecule has 0 radical (unpaired) electrons. The van der Waals surface area contributed by atoms with E-state index >= 15 is 0 Å². The minimum Gasteiger partial charge on any atom is -0.383 e. The molecule has 1 aromatic rings. The summed E-state index contributed by atoms with van der Waals surface area (Å²) < 4.78 is 38.8. The summed E-state index contributed by atoms with van der Waals surface area (Å²) in [7, 11) is 0. The summed E-state index contributed by atoms with van der Waals surface area (Å²) in [5, 5.41) is 5.92. The molecule has 0 saturated carbocycles. The van der Waals surface area contributed by atoms with Gasteiger partial charge in [0, 0.05) is 23.2 Å². The number of hydrogen-bond acceptors (Lipinski definition) is 2. The quantitative estimate of drug-likeness (QED) is 0.776. The fraction of sp³-hybridized carbons (Fsp3) is 0.500. The van der Waals surface area contributed by atoms with E-state index in [0.29, 0.717) is 17.6 Å². The van der Waals surface area contributed by atoms with Crippen LogP contribution >= 0.6 is 15.9 Å². The molecule has 2 nitrogen and oxygen atoms in total. The molecule has 0 aliphatic rings. The maximum Gasteiger partial charge on any atom is 0.418 e. The van der Waals surface area contributed by atoms with Gasteiger partial charge < -0.3 is 10.6 Å². The van der Waals surface area contributed by atoms with E-state index in [1.807, 2.05) is 6.92 Å². The molecule has 0 aliphatic carbocycles. The maximum atomic E-state index is 12.8. The number of anilines is 1. The minimum atomic E-state index is -4.34. The first-order valence-electron chi connectivity index (χ1n) is 5.76. The molecule has 6 heteroatoms. The summed E-state index contributed by atoms with van der Waals surface area (Å²) in [5.74, 6) is 0. The van der Waals surface area contributed by atoms with E-state index in [9.17, 15) is 13.2 Å². The molecule has 18 heavy (non-hydrogen) atoms. The summed E-state index contributed by atoms with van der Waals surface area (Å²) in [4.78, 5) is 0. The number of nitrogens with one attached hydrogen (secondary N) is 2. The van der Waals surface area contributed by atoms with Crippen molar-refractivity contribution in [1.82, 2.24) is 5.32 Å². The molecule has 0 fully saturated rings. The Labute approximate surface area is 113 Å². The summed E-state index contributed by atoms with van der Waals surface area (Å²) in [6, 6.07) is 4.12. The van der Waals surface area contributed by atoms with E-state index in [4.69, 9.17) is 0 Å². The number of rotatable bonds is 6. The molecule has 1 rings (SSSR count). The summed E-state index contributed by atoms with van der Waals surface area (Å²) in [6.45, 7) is 4.01. The third-order valence-electron chi connectivity index (χ3n) is 2.33. The third-order valence-corrected chi connectivity index (χ3v) is 2.82. The fourth-order valence-electron chi connectivity index (χ4n) is 1.49. The number of halogens is 4. The van der Waals surface area contributed by atoms with Gasteiger partial charge in [-0.15, -0.1) is 0 Å². The highest BCUT2D eigenvalue weighted by Gasteiger charge is 2.33. The zero-order valence-electron chi connectivity index (χ0n) is 10.1. The Morgan fingerprint density at radius 1 is 1.17 bits per heavy atom. The van der Waals surface area contributed by atoms with Crippen molar-refractivity contribution in [3.8, 4) is 0 Å². The average molecular weight is 325 g/mol. The van der Waals surface area contributed by atoms with Crippen LogP contribution in [0.15, 0.2) is 22.7 Å². The monoisotopic (exact) mass is 324 g/mol. The van der Waals surface area contributed by atoms with E-state index in [-0.39, 0.29) is 5.69 Å². The predicted octanol–water partition coefficient (Wildman–Crippen LogP) is 3.88. The van der Waals surface area contributed by atoms with Crippen molar-refractivity contribution < 1.29 is 13.2 Å². The zero-order valence-corrected chi connectivity index (χ0v) is 11.7. The van der Waals surface area contributed by atoms with Crippen LogP contribution in [0.4, 0.5) is 18.9 Å². The van der Waals surface area contributed by atoms with Crippen LogP contribution in [0.1, 0.15) is 18.9 Å². The topological polar surface area (TPSA) is 24.1 Å². The Balaban J connectivity index is 2.65. The van der Waals surface area contributed by atoms with Gasteiger partial charge in [-0.1, -0.05) is 22.9 Å². The molecule has 0 amide bonds. The second-order valence-electron chi connectivity index (χ2n) is 3.86. The highest BCUT2D eigenvalue weighted by Crippen LogP contribution is 2.36. The molecule has 0 aliphatic heterocycles. The minimum absolute atomic E-state index is 0.115. The summed E-state index contributed by atoms with van der Waals surface area (Å²) >= 11 is 3.05. The molecule has 1 aromatic carbocycles. The molecular weight excluding hydrogens is 309 g/mol. The molecule has 102 valence electrons. The number of alkyl halides is 3. The molecule has 0 saturated heterocycles. The number of hydrogen-bond donors (Lipinski definition) is 2. The van der Waals surface area contributed by atoms with Crippen molar-refractivity contribution in [1.29, 1.82) is 0 Å². The van der Waals surface area contributed by atoms with E-state index < -0.39 is 11.7 Å². The first-order valence-corrected chi connectivity index (χ1v) is 6.55. The van der Waals surface area contributed by atoms with Gasteiger partial charge in [0.15, 0.2) is 0 Å². The second-order valence-corrected chi connectivity index (χ2v) is 4.78. The Morgan fingerprint density at radius 2 is 1.89 bits per heavy atom. The van der Waals surface area contributed by atoms with Gasteiger partial charge >= 0.3 is 6.18 Å². The van der Waals surface area contributed by atoms with Crippen LogP contribution in [0.5, 0.6) is 0 Å².